The molecule has 4 nitrogen and oxygen atoms in total. The molecule has 1 aliphatic heterocycles. The summed E-state index contributed by atoms with van der Waals surface area (Å²) in [5, 5.41) is 6.13. The van der Waals surface area contributed by atoms with Crippen LogP contribution in [0.2, 0.25) is 0 Å². The van der Waals surface area contributed by atoms with Crippen molar-refractivity contribution in [3.63, 3.8) is 0 Å². The van der Waals surface area contributed by atoms with Crippen LogP contribution in [0.15, 0.2) is 48.5 Å². The van der Waals surface area contributed by atoms with Gasteiger partial charge in [-0.2, -0.15) is 0 Å². The molecule has 2 aromatic rings. The monoisotopic (exact) mass is 327 g/mol. The molecule has 2 aromatic carbocycles. The van der Waals surface area contributed by atoms with E-state index in [1.54, 1.807) is 30.3 Å². The molecular weight excluding hydrogens is 305 g/mol. The Labute approximate surface area is 141 Å². The minimum Gasteiger partial charge on any atom is -0.382 e. The smallest absolute Gasteiger partial charge is 0.255 e. The maximum Gasteiger partial charge on any atom is 0.255 e. The van der Waals surface area contributed by atoms with Gasteiger partial charge in [-0.1, -0.05) is 18.2 Å². The summed E-state index contributed by atoms with van der Waals surface area (Å²) in [6.45, 7) is 2.06. The van der Waals surface area contributed by atoms with Gasteiger partial charge >= 0.3 is 0 Å². The molecule has 5 heteroatoms. The first-order chi connectivity index (χ1) is 11.6. The summed E-state index contributed by atoms with van der Waals surface area (Å²) in [6, 6.07) is 13.8. The van der Waals surface area contributed by atoms with Gasteiger partial charge in [0, 0.05) is 23.0 Å². The fourth-order valence-electron chi connectivity index (χ4n) is 2.93. The first-order valence-electron chi connectivity index (χ1n) is 8.22. The Morgan fingerprint density at radius 1 is 1.08 bits per heavy atom. The van der Waals surface area contributed by atoms with Gasteiger partial charge < -0.3 is 15.5 Å². The van der Waals surface area contributed by atoms with E-state index in [2.05, 4.69) is 22.6 Å². The number of carbonyl (C=O) groups excluding carboxylic acids is 1. The summed E-state index contributed by atoms with van der Waals surface area (Å²) < 4.78 is 13.9. The largest absolute Gasteiger partial charge is 0.382 e. The second kappa shape index (κ2) is 7.45. The first-order valence-corrected chi connectivity index (χ1v) is 8.22. The van der Waals surface area contributed by atoms with Gasteiger partial charge in [0.15, 0.2) is 0 Å². The zero-order valence-corrected chi connectivity index (χ0v) is 13.8. The number of nitrogens with one attached hydrogen (secondary N) is 2. The number of hydrogen-bond acceptors (Lipinski definition) is 3. The van der Waals surface area contributed by atoms with E-state index < -0.39 is 0 Å². The number of nitrogens with zero attached hydrogens (tertiary/aromatic N) is 1. The highest BCUT2D eigenvalue weighted by molar-refractivity contribution is 6.04. The molecule has 24 heavy (non-hydrogen) atoms. The van der Waals surface area contributed by atoms with E-state index in [1.165, 1.54) is 12.1 Å². The van der Waals surface area contributed by atoms with Crippen LogP contribution in [0, 0.1) is 5.82 Å². The molecule has 0 aromatic heterocycles. The Balaban J connectivity index is 1.68. The molecule has 0 spiro atoms. The van der Waals surface area contributed by atoms with Crippen molar-refractivity contribution in [2.24, 2.45) is 0 Å². The summed E-state index contributed by atoms with van der Waals surface area (Å²) in [5.74, 6) is -0.609. The van der Waals surface area contributed by atoms with E-state index in [4.69, 9.17) is 0 Å². The summed E-state index contributed by atoms with van der Waals surface area (Å²) in [6.07, 6.45) is 2.05. The van der Waals surface area contributed by atoms with Gasteiger partial charge in [0.05, 0.1) is 0 Å². The highest BCUT2D eigenvalue weighted by atomic mass is 19.1. The lowest BCUT2D eigenvalue weighted by Crippen LogP contribution is -2.36. The van der Waals surface area contributed by atoms with Gasteiger partial charge in [-0.15, -0.1) is 0 Å². The number of benzene rings is 2. The van der Waals surface area contributed by atoms with Gasteiger partial charge in [-0.25, -0.2) is 4.39 Å². The Hall–Kier alpha value is -2.40. The Morgan fingerprint density at radius 2 is 1.75 bits per heavy atom. The minimum absolute atomic E-state index is 0.244. The predicted molar refractivity (Wildman–Crippen MR) is 94.9 cm³/mol. The molecule has 1 fully saturated rings. The number of carbonyl (C=O) groups is 1. The third kappa shape index (κ3) is 4.32. The normalized spacial score (nSPS) is 15.9. The maximum atomic E-state index is 13.9. The van der Waals surface area contributed by atoms with E-state index >= 15 is 0 Å². The van der Waals surface area contributed by atoms with E-state index in [0.29, 0.717) is 23.0 Å². The third-order valence-electron chi connectivity index (χ3n) is 4.28. The van der Waals surface area contributed by atoms with Crippen molar-refractivity contribution in [2.45, 2.75) is 18.9 Å². The van der Waals surface area contributed by atoms with Crippen molar-refractivity contribution >= 4 is 17.3 Å². The lowest BCUT2D eigenvalue weighted by atomic mass is 10.1. The van der Waals surface area contributed by atoms with Crippen LogP contribution in [0.25, 0.3) is 0 Å². The molecule has 1 aliphatic rings. The number of piperidine rings is 1. The van der Waals surface area contributed by atoms with Gasteiger partial charge in [-0.3, -0.25) is 4.79 Å². The van der Waals surface area contributed by atoms with Crippen LogP contribution in [-0.2, 0) is 0 Å². The quantitative estimate of drug-likeness (QED) is 0.902. The molecular formula is C19H22FN3O. The van der Waals surface area contributed by atoms with Crippen molar-refractivity contribution < 1.29 is 9.18 Å². The van der Waals surface area contributed by atoms with Crippen LogP contribution < -0.4 is 10.6 Å². The molecule has 0 saturated carbocycles. The van der Waals surface area contributed by atoms with Crippen molar-refractivity contribution in [3.05, 3.63) is 59.9 Å². The zero-order chi connectivity index (χ0) is 16.9. The van der Waals surface area contributed by atoms with E-state index in [0.717, 1.165) is 25.9 Å². The summed E-state index contributed by atoms with van der Waals surface area (Å²) >= 11 is 0. The van der Waals surface area contributed by atoms with Crippen LogP contribution in [0.1, 0.15) is 23.2 Å². The average molecular weight is 327 g/mol. The molecule has 1 amide bonds. The molecule has 1 saturated heterocycles. The van der Waals surface area contributed by atoms with Gasteiger partial charge in [0.25, 0.3) is 5.91 Å². The Bertz CT molecular complexity index is 697. The van der Waals surface area contributed by atoms with Crippen molar-refractivity contribution in [1.29, 1.82) is 0 Å². The van der Waals surface area contributed by atoms with Gasteiger partial charge in [0.2, 0.25) is 0 Å². The number of hydrogen-bond donors (Lipinski definition) is 2. The van der Waals surface area contributed by atoms with Crippen LogP contribution >= 0.6 is 0 Å². The van der Waals surface area contributed by atoms with Crippen LogP contribution in [0.4, 0.5) is 15.8 Å². The van der Waals surface area contributed by atoms with E-state index in [9.17, 15) is 9.18 Å². The van der Waals surface area contributed by atoms with Crippen molar-refractivity contribution in [1.82, 2.24) is 4.90 Å². The summed E-state index contributed by atoms with van der Waals surface area (Å²) in [5.41, 5.74) is 1.71. The van der Waals surface area contributed by atoms with Crippen molar-refractivity contribution in [3.8, 4) is 0 Å². The topological polar surface area (TPSA) is 44.4 Å². The van der Waals surface area contributed by atoms with Crippen LogP contribution in [0.3, 0.4) is 0 Å². The average Bonchev–Trinajstić information content (AvgIpc) is 2.57. The number of amides is 1. The van der Waals surface area contributed by atoms with E-state index in [-0.39, 0.29) is 11.7 Å². The molecule has 126 valence electrons. The summed E-state index contributed by atoms with van der Waals surface area (Å²) in [7, 11) is 2.11. The maximum absolute atomic E-state index is 13.9. The first kappa shape index (κ1) is 16.5. The lowest BCUT2D eigenvalue weighted by molar-refractivity contribution is 0.102. The molecule has 0 unspecified atom stereocenters. The van der Waals surface area contributed by atoms with Gasteiger partial charge in [-0.05, 0) is 63.3 Å². The Kier molecular flexibility index (Phi) is 5.11. The van der Waals surface area contributed by atoms with E-state index in [1.807, 2.05) is 6.07 Å². The van der Waals surface area contributed by atoms with Crippen LogP contribution in [0.5, 0.6) is 0 Å². The highest BCUT2D eigenvalue weighted by Gasteiger charge is 2.17. The number of likely N-dealkylation sites (tertiary alicyclic amines) is 1. The second-order valence-corrected chi connectivity index (χ2v) is 6.27. The van der Waals surface area contributed by atoms with Crippen LogP contribution in [-0.4, -0.2) is 37.0 Å². The van der Waals surface area contributed by atoms with Crippen molar-refractivity contribution in [2.75, 3.05) is 30.8 Å². The molecule has 0 radical (unpaired) electrons. The fourth-order valence-corrected chi connectivity index (χ4v) is 2.93. The predicted octanol–water partition coefficient (Wildman–Crippen LogP) is 3.58. The number of halogens is 1. The second-order valence-electron chi connectivity index (χ2n) is 6.27. The minimum atomic E-state index is -0.365. The molecule has 0 atom stereocenters. The zero-order valence-electron chi connectivity index (χ0n) is 13.8. The number of rotatable bonds is 4. The number of anilines is 2. The third-order valence-corrected chi connectivity index (χ3v) is 4.28. The lowest BCUT2D eigenvalue weighted by Gasteiger charge is -2.30. The molecule has 0 bridgehead atoms. The Morgan fingerprint density at radius 3 is 2.46 bits per heavy atom. The standard InChI is InChI=1S/C19H22FN3O/c1-23-9-7-16(8-10-23)21-17-11-15(20)12-18(13-17)22-19(24)14-5-3-2-4-6-14/h2-6,11-13,16,21H,7-10H2,1H3,(H,22,24). The fraction of sp³-hybridized carbons (Fsp3) is 0.316. The molecule has 2 N–H and O–H groups in total. The van der Waals surface area contributed by atoms with Gasteiger partial charge in [0.1, 0.15) is 5.82 Å². The molecule has 0 aliphatic carbocycles. The summed E-state index contributed by atoms with van der Waals surface area (Å²) in [4.78, 5) is 14.5. The molecule has 1 heterocycles. The molecule has 3 rings (SSSR count). The SMILES string of the molecule is CN1CCC(Nc2cc(F)cc(NC(=O)c3ccccc3)c2)CC1. The highest BCUT2D eigenvalue weighted by Crippen LogP contribution is 2.22.